The van der Waals surface area contributed by atoms with Gasteiger partial charge in [-0.1, -0.05) is 18.2 Å². The first-order valence-corrected chi connectivity index (χ1v) is 10.6. The Balaban J connectivity index is 1.62. The molecular formula is C24H26N4O2. The van der Waals surface area contributed by atoms with Crippen LogP contribution in [0.25, 0.3) is 33.1 Å². The van der Waals surface area contributed by atoms with Crippen molar-refractivity contribution in [3.8, 4) is 11.1 Å². The number of pyridine rings is 2. The Morgan fingerprint density at radius 2 is 2.00 bits per heavy atom. The number of methoxy groups -OCH3 is 1. The van der Waals surface area contributed by atoms with Gasteiger partial charge in [-0.3, -0.25) is 9.97 Å². The SMILES string of the molecule is COCCc1nc2cnc3cc(-c4cccnc4)ccc3c2n1CC1CCOCC1. The summed E-state index contributed by atoms with van der Waals surface area (Å²) in [6.07, 6.45) is 8.57. The van der Waals surface area contributed by atoms with Gasteiger partial charge in [-0.25, -0.2) is 4.98 Å². The topological polar surface area (TPSA) is 62.1 Å². The van der Waals surface area contributed by atoms with Crippen molar-refractivity contribution >= 4 is 21.9 Å². The summed E-state index contributed by atoms with van der Waals surface area (Å²) < 4.78 is 13.3. The van der Waals surface area contributed by atoms with Gasteiger partial charge in [-0.15, -0.1) is 0 Å². The van der Waals surface area contributed by atoms with Crippen LogP contribution >= 0.6 is 0 Å². The smallest absolute Gasteiger partial charge is 0.112 e. The number of aromatic nitrogens is 4. The van der Waals surface area contributed by atoms with Crippen molar-refractivity contribution in [2.75, 3.05) is 26.9 Å². The Labute approximate surface area is 175 Å². The summed E-state index contributed by atoms with van der Waals surface area (Å²) in [5.41, 5.74) is 5.33. The summed E-state index contributed by atoms with van der Waals surface area (Å²) in [5, 5.41) is 1.14. The predicted molar refractivity (Wildman–Crippen MR) is 117 cm³/mol. The van der Waals surface area contributed by atoms with E-state index in [2.05, 4.69) is 33.8 Å². The number of benzene rings is 1. The van der Waals surface area contributed by atoms with E-state index in [1.807, 2.05) is 18.5 Å². The van der Waals surface area contributed by atoms with Gasteiger partial charge in [0, 0.05) is 56.6 Å². The number of hydrogen-bond donors (Lipinski definition) is 0. The minimum Gasteiger partial charge on any atom is -0.384 e. The Morgan fingerprint density at radius 1 is 1.10 bits per heavy atom. The molecule has 0 N–H and O–H groups in total. The number of imidazole rings is 1. The molecule has 6 heteroatoms. The van der Waals surface area contributed by atoms with Gasteiger partial charge < -0.3 is 14.0 Å². The van der Waals surface area contributed by atoms with Crippen LogP contribution in [0.2, 0.25) is 0 Å². The fraction of sp³-hybridized carbons (Fsp3) is 0.375. The summed E-state index contributed by atoms with van der Waals surface area (Å²) in [4.78, 5) is 13.9. The molecule has 1 aliphatic heterocycles. The van der Waals surface area contributed by atoms with Gasteiger partial charge >= 0.3 is 0 Å². The van der Waals surface area contributed by atoms with Gasteiger partial charge in [-0.05, 0) is 36.5 Å². The first kappa shape index (κ1) is 19.2. The van der Waals surface area contributed by atoms with Gasteiger partial charge in [-0.2, -0.15) is 0 Å². The molecule has 6 nitrogen and oxygen atoms in total. The van der Waals surface area contributed by atoms with Gasteiger partial charge in [0.1, 0.15) is 11.3 Å². The molecule has 1 saturated heterocycles. The molecule has 0 bridgehead atoms. The second-order valence-electron chi connectivity index (χ2n) is 7.90. The number of fused-ring (bicyclic) bond motifs is 3. The minimum atomic E-state index is 0.607. The van der Waals surface area contributed by atoms with Crippen molar-refractivity contribution in [1.29, 1.82) is 0 Å². The molecular weight excluding hydrogens is 376 g/mol. The van der Waals surface area contributed by atoms with Crippen molar-refractivity contribution in [3.63, 3.8) is 0 Å². The van der Waals surface area contributed by atoms with E-state index in [1.54, 1.807) is 13.3 Å². The molecule has 0 amide bonds. The first-order valence-electron chi connectivity index (χ1n) is 10.6. The average Bonchev–Trinajstić information content (AvgIpc) is 3.16. The highest BCUT2D eigenvalue weighted by molar-refractivity contribution is 6.03. The van der Waals surface area contributed by atoms with Crippen LogP contribution in [0.5, 0.6) is 0 Å². The molecule has 30 heavy (non-hydrogen) atoms. The lowest BCUT2D eigenvalue weighted by Crippen LogP contribution is -2.21. The maximum Gasteiger partial charge on any atom is 0.112 e. The highest BCUT2D eigenvalue weighted by atomic mass is 16.5. The molecule has 3 aromatic heterocycles. The number of rotatable bonds is 6. The zero-order chi connectivity index (χ0) is 20.3. The lowest BCUT2D eigenvalue weighted by molar-refractivity contribution is 0.0612. The molecule has 154 valence electrons. The third-order valence-corrected chi connectivity index (χ3v) is 5.96. The van der Waals surface area contributed by atoms with Crippen LogP contribution in [0.3, 0.4) is 0 Å². The van der Waals surface area contributed by atoms with Crippen molar-refractivity contribution in [2.24, 2.45) is 5.92 Å². The summed E-state index contributed by atoms with van der Waals surface area (Å²) in [5.74, 6) is 1.68. The molecule has 0 radical (unpaired) electrons. The Kier molecular flexibility index (Phi) is 5.43. The molecule has 0 unspecified atom stereocenters. The number of ether oxygens (including phenoxy) is 2. The van der Waals surface area contributed by atoms with Crippen LogP contribution in [0, 0.1) is 5.92 Å². The Bertz CT molecular complexity index is 1150. The van der Waals surface area contributed by atoms with E-state index in [4.69, 9.17) is 19.4 Å². The highest BCUT2D eigenvalue weighted by Crippen LogP contribution is 2.30. The summed E-state index contributed by atoms with van der Waals surface area (Å²) in [6.45, 7) is 3.32. The zero-order valence-electron chi connectivity index (χ0n) is 17.3. The van der Waals surface area contributed by atoms with Crippen molar-refractivity contribution in [3.05, 3.63) is 54.7 Å². The monoisotopic (exact) mass is 402 g/mol. The van der Waals surface area contributed by atoms with Crippen LogP contribution in [-0.2, 0) is 22.4 Å². The molecule has 0 atom stereocenters. The second-order valence-corrected chi connectivity index (χ2v) is 7.90. The van der Waals surface area contributed by atoms with Crippen LogP contribution in [0.4, 0.5) is 0 Å². The number of nitrogens with zero attached hydrogens (tertiary/aromatic N) is 4. The Hall–Kier alpha value is -2.83. The lowest BCUT2D eigenvalue weighted by Gasteiger charge is -2.23. The van der Waals surface area contributed by atoms with E-state index in [1.165, 1.54) is 5.52 Å². The van der Waals surface area contributed by atoms with Gasteiger partial charge in [0.25, 0.3) is 0 Å². The van der Waals surface area contributed by atoms with Crippen LogP contribution in [0.1, 0.15) is 18.7 Å². The third-order valence-electron chi connectivity index (χ3n) is 5.96. The van der Waals surface area contributed by atoms with Crippen molar-refractivity contribution < 1.29 is 9.47 Å². The first-order chi connectivity index (χ1) is 14.8. The van der Waals surface area contributed by atoms with Gasteiger partial charge in [0.05, 0.1) is 23.8 Å². The third kappa shape index (κ3) is 3.68. The average molecular weight is 402 g/mol. The molecule has 1 aromatic carbocycles. The van der Waals surface area contributed by atoms with E-state index in [-0.39, 0.29) is 0 Å². The quantitative estimate of drug-likeness (QED) is 0.482. The molecule has 0 saturated carbocycles. The largest absolute Gasteiger partial charge is 0.384 e. The summed E-state index contributed by atoms with van der Waals surface area (Å²) in [7, 11) is 1.74. The maximum atomic E-state index is 5.57. The molecule has 4 heterocycles. The van der Waals surface area contributed by atoms with Crippen LogP contribution in [-0.4, -0.2) is 46.4 Å². The molecule has 1 fully saturated rings. The summed E-state index contributed by atoms with van der Waals surface area (Å²) in [6, 6.07) is 10.5. The molecule has 1 aliphatic rings. The van der Waals surface area contributed by atoms with E-state index in [9.17, 15) is 0 Å². The van der Waals surface area contributed by atoms with Gasteiger partial charge in [0.2, 0.25) is 0 Å². The molecule has 0 aliphatic carbocycles. The maximum absolute atomic E-state index is 5.57. The van der Waals surface area contributed by atoms with E-state index < -0.39 is 0 Å². The normalized spacial score (nSPS) is 15.2. The van der Waals surface area contributed by atoms with Gasteiger partial charge in [0.15, 0.2) is 0 Å². The fourth-order valence-corrected chi connectivity index (χ4v) is 4.34. The molecule has 5 rings (SSSR count). The van der Waals surface area contributed by atoms with Crippen molar-refractivity contribution in [1.82, 2.24) is 19.5 Å². The second kappa shape index (κ2) is 8.50. The fourth-order valence-electron chi connectivity index (χ4n) is 4.34. The Morgan fingerprint density at radius 3 is 2.80 bits per heavy atom. The predicted octanol–water partition coefficient (Wildman–Crippen LogP) is 4.26. The van der Waals surface area contributed by atoms with E-state index >= 15 is 0 Å². The standard InChI is InChI=1S/C24H26N4O2/c1-29-10-8-23-27-22-15-26-21-13-18(19-3-2-9-25-14-19)4-5-20(21)24(22)28(23)16-17-6-11-30-12-7-17/h2-5,9,13-15,17H,6-8,10-12,16H2,1H3. The lowest BCUT2D eigenvalue weighted by atomic mass is 10.00. The van der Waals surface area contributed by atoms with E-state index in [0.717, 1.165) is 72.4 Å². The van der Waals surface area contributed by atoms with E-state index in [0.29, 0.717) is 12.5 Å². The number of hydrogen-bond acceptors (Lipinski definition) is 5. The highest BCUT2D eigenvalue weighted by Gasteiger charge is 2.20. The molecule has 4 aromatic rings. The van der Waals surface area contributed by atoms with Crippen molar-refractivity contribution in [2.45, 2.75) is 25.8 Å². The zero-order valence-corrected chi connectivity index (χ0v) is 17.3. The molecule has 0 spiro atoms. The van der Waals surface area contributed by atoms with Crippen LogP contribution in [0.15, 0.2) is 48.9 Å². The summed E-state index contributed by atoms with van der Waals surface area (Å²) >= 11 is 0. The van der Waals surface area contributed by atoms with Crippen LogP contribution < -0.4 is 0 Å². The minimum absolute atomic E-state index is 0.607.